The highest BCUT2D eigenvalue weighted by molar-refractivity contribution is 5.40. The zero-order chi connectivity index (χ0) is 13.8. The van der Waals surface area contributed by atoms with Crippen LogP contribution in [0.5, 0.6) is 0 Å². The van der Waals surface area contributed by atoms with E-state index < -0.39 is 10.7 Å². The van der Waals surface area contributed by atoms with Crippen molar-refractivity contribution in [3.8, 4) is 0 Å². The number of halogens is 1. The van der Waals surface area contributed by atoms with Crippen LogP contribution in [0.3, 0.4) is 0 Å². The van der Waals surface area contributed by atoms with Crippen molar-refractivity contribution in [3.05, 3.63) is 39.7 Å². The average Bonchev–Trinajstić information content (AvgIpc) is 2.83. The average molecular weight is 268 g/mol. The van der Waals surface area contributed by atoms with Crippen LogP contribution in [0.1, 0.15) is 24.8 Å². The molecular formula is C13H17FN2O3. The summed E-state index contributed by atoms with van der Waals surface area (Å²) >= 11 is 0. The Kier molecular flexibility index (Phi) is 4.44. The maximum Gasteiger partial charge on any atom is 0.274 e. The molecule has 5 nitrogen and oxygen atoms in total. The van der Waals surface area contributed by atoms with E-state index in [9.17, 15) is 19.6 Å². The van der Waals surface area contributed by atoms with Gasteiger partial charge in [-0.15, -0.1) is 0 Å². The molecule has 1 aromatic rings. The predicted octanol–water partition coefficient (Wildman–Crippen LogP) is 1.98. The molecule has 1 aliphatic carbocycles. The Morgan fingerprint density at radius 3 is 2.95 bits per heavy atom. The number of aliphatic hydroxyl groups is 1. The SMILES string of the molecule is O=[N+]([O-])c1ccc(F)cc1CNC1CCCC1CO. The molecule has 0 saturated heterocycles. The molecular weight excluding hydrogens is 251 g/mol. The van der Waals surface area contributed by atoms with Crippen molar-refractivity contribution in [1.29, 1.82) is 0 Å². The Bertz CT molecular complexity index is 467. The third kappa shape index (κ3) is 3.27. The minimum absolute atomic E-state index is 0.0764. The smallest absolute Gasteiger partial charge is 0.274 e. The number of benzene rings is 1. The summed E-state index contributed by atoms with van der Waals surface area (Å²) in [6.07, 6.45) is 2.93. The topological polar surface area (TPSA) is 75.4 Å². The van der Waals surface area contributed by atoms with E-state index in [1.165, 1.54) is 12.1 Å². The minimum atomic E-state index is -0.505. The van der Waals surface area contributed by atoms with Crippen LogP contribution >= 0.6 is 0 Å². The molecule has 0 aromatic heterocycles. The van der Waals surface area contributed by atoms with Crippen molar-refractivity contribution in [3.63, 3.8) is 0 Å². The van der Waals surface area contributed by atoms with E-state index in [4.69, 9.17) is 0 Å². The fraction of sp³-hybridized carbons (Fsp3) is 0.538. The molecule has 104 valence electrons. The summed E-state index contributed by atoms with van der Waals surface area (Å²) in [6, 6.07) is 3.61. The summed E-state index contributed by atoms with van der Waals surface area (Å²) in [6.45, 7) is 0.359. The Morgan fingerprint density at radius 2 is 2.26 bits per heavy atom. The van der Waals surface area contributed by atoms with Crippen molar-refractivity contribution in [2.45, 2.75) is 31.8 Å². The number of nitro benzene ring substituents is 1. The first-order valence-electron chi connectivity index (χ1n) is 6.39. The first kappa shape index (κ1) is 13.9. The lowest BCUT2D eigenvalue weighted by Crippen LogP contribution is -2.33. The van der Waals surface area contributed by atoms with Crippen molar-refractivity contribution in [1.82, 2.24) is 5.32 Å². The molecule has 2 rings (SSSR count). The highest BCUT2D eigenvalue weighted by atomic mass is 19.1. The van der Waals surface area contributed by atoms with Gasteiger partial charge >= 0.3 is 0 Å². The highest BCUT2D eigenvalue weighted by Gasteiger charge is 2.26. The van der Waals surface area contributed by atoms with Gasteiger partial charge in [0.15, 0.2) is 0 Å². The third-order valence-corrected chi connectivity index (χ3v) is 3.69. The van der Waals surface area contributed by atoms with Crippen molar-refractivity contribution in [2.24, 2.45) is 5.92 Å². The van der Waals surface area contributed by atoms with Gasteiger partial charge in [-0.05, 0) is 30.9 Å². The lowest BCUT2D eigenvalue weighted by Gasteiger charge is -2.19. The van der Waals surface area contributed by atoms with E-state index in [2.05, 4.69) is 5.32 Å². The minimum Gasteiger partial charge on any atom is -0.396 e. The maximum absolute atomic E-state index is 13.2. The van der Waals surface area contributed by atoms with Gasteiger partial charge in [-0.25, -0.2) is 4.39 Å². The quantitative estimate of drug-likeness (QED) is 0.632. The van der Waals surface area contributed by atoms with Crippen LogP contribution in [0, 0.1) is 21.8 Å². The third-order valence-electron chi connectivity index (χ3n) is 3.69. The molecule has 0 heterocycles. The molecule has 0 aliphatic heterocycles. The van der Waals surface area contributed by atoms with Gasteiger partial charge in [-0.1, -0.05) is 6.42 Å². The fourth-order valence-electron chi connectivity index (χ4n) is 2.64. The lowest BCUT2D eigenvalue weighted by atomic mass is 10.0. The standard InChI is InChI=1S/C13H17FN2O3/c14-11-4-5-13(16(18)19)10(6-11)7-15-12-3-1-2-9(12)8-17/h4-6,9,12,15,17H,1-3,7-8H2. The zero-order valence-electron chi connectivity index (χ0n) is 10.5. The van der Waals surface area contributed by atoms with Gasteiger partial charge in [0.1, 0.15) is 5.82 Å². The summed E-state index contributed by atoms with van der Waals surface area (Å²) in [5.74, 6) is -0.292. The van der Waals surface area contributed by atoms with Crippen LogP contribution in [0.15, 0.2) is 18.2 Å². The largest absolute Gasteiger partial charge is 0.396 e. The van der Waals surface area contributed by atoms with E-state index in [0.29, 0.717) is 5.56 Å². The summed E-state index contributed by atoms with van der Waals surface area (Å²) in [4.78, 5) is 10.4. The summed E-state index contributed by atoms with van der Waals surface area (Å²) in [7, 11) is 0. The van der Waals surface area contributed by atoms with Gasteiger partial charge in [-0.3, -0.25) is 10.1 Å². The first-order valence-corrected chi connectivity index (χ1v) is 6.39. The number of nitro groups is 1. The van der Waals surface area contributed by atoms with Crippen molar-refractivity contribution >= 4 is 5.69 Å². The highest BCUT2D eigenvalue weighted by Crippen LogP contribution is 2.26. The van der Waals surface area contributed by atoms with Gasteiger partial charge in [0.05, 0.1) is 4.92 Å². The second-order valence-corrected chi connectivity index (χ2v) is 4.89. The van der Waals surface area contributed by atoms with E-state index >= 15 is 0 Å². The Hall–Kier alpha value is -1.53. The van der Waals surface area contributed by atoms with Gasteiger partial charge in [0.2, 0.25) is 0 Å². The molecule has 1 aromatic carbocycles. The van der Waals surface area contributed by atoms with Crippen LogP contribution in [0.25, 0.3) is 0 Å². The molecule has 2 atom stereocenters. The Balaban J connectivity index is 2.06. The second-order valence-electron chi connectivity index (χ2n) is 4.89. The summed E-state index contributed by atoms with van der Waals surface area (Å²) in [5.41, 5.74) is 0.265. The number of rotatable bonds is 5. The number of nitrogens with zero attached hydrogens (tertiary/aromatic N) is 1. The number of hydrogen-bond acceptors (Lipinski definition) is 4. The zero-order valence-corrected chi connectivity index (χ0v) is 10.5. The summed E-state index contributed by atoms with van der Waals surface area (Å²) in [5, 5.41) is 23.3. The van der Waals surface area contributed by atoms with Gasteiger partial charge in [-0.2, -0.15) is 0 Å². The predicted molar refractivity (Wildman–Crippen MR) is 68.1 cm³/mol. The van der Waals surface area contributed by atoms with Crippen molar-refractivity contribution in [2.75, 3.05) is 6.61 Å². The molecule has 0 spiro atoms. The maximum atomic E-state index is 13.2. The Morgan fingerprint density at radius 1 is 1.47 bits per heavy atom. The van der Waals surface area contributed by atoms with E-state index in [0.717, 1.165) is 25.3 Å². The molecule has 0 amide bonds. The number of nitrogens with one attached hydrogen (secondary N) is 1. The van der Waals surface area contributed by atoms with Crippen molar-refractivity contribution < 1.29 is 14.4 Å². The molecule has 19 heavy (non-hydrogen) atoms. The van der Waals surface area contributed by atoms with Crippen LogP contribution in [0.2, 0.25) is 0 Å². The second kappa shape index (κ2) is 6.08. The monoisotopic (exact) mass is 268 g/mol. The summed E-state index contributed by atoms with van der Waals surface area (Å²) < 4.78 is 13.2. The van der Waals surface area contributed by atoms with Crippen LogP contribution < -0.4 is 5.32 Å². The van der Waals surface area contributed by atoms with Crippen LogP contribution in [-0.2, 0) is 6.54 Å². The Labute approximate surface area is 110 Å². The molecule has 1 aliphatic rings. The van der Waals surface area contributed by atoms with E-state index in [-0.39, 0.29) is 30.8 Å². The van der Waals surface area contributed by atoms with E-state index in [1.54, 1.807) is 0 Å². The molecule has 2 N–H and O–H groups in total. The van der Waals surface area contributed by atoms with Gasteiger partial charge < -0.3 is 10.4 Å². The molecule has 1 fully saturated rings. The fourth-order valence-corrected chi connectivity index (χ4v) is 2.64. The number of aliphatic hydroxyl groups excluding tert-OH is 1. The van der Waals surface area contributed by atoms with Crippen LogP contribution in [0.4, 0.5) is 10.1 Å². The number of hydrogen-bond donors (Lipinski definition) is 2. The van der Waals surface area contributed by atoms with Crippen LogP contribution in [-0.4, -0.2) is 22.7 Å². The van der Waals surface area contributed by atoms with Gasteiger partial charge in [0, 0.05) is 30.8 Å². The molecule has 2 unspecified atom stereocenters. The first-order chi connectivity index (χ1) is 9.11. The molecule has 0 bridgehead atoms. The van der Waals surface area contributed by atoms with Gasteiger partial charge in [0.25, 0.3) is 5.69 Å². The van der Waals surface area contributed by atoms with E-state index in [1.807, 2.05) is 0 Å². The molecule has 1 saturated carbocycles. The normalized spacial score (nSPS) is 22.6. The molecule has 0 radical (unpaired) electrons. The molecule has 6 heteroatoms. The lowest BCUT2D eigenvalue weighted by molar-refractivity contribution is -0.385.